The molecule has 0 radical (unpaired) electrons. The van der Waals surface area contributed by atoms with E-state index >= 15 is 0 Å². The maximum Gasteiger partial charge on any atom is 0.303 e. The molecule has 0 saturated heterocycles. The number of allylic oxidation sites excluding steroid dienone is 1. The zero-order valence-corrected chi connectivity index (χ0v) is 8.21. The molecule has 0 aliphatic carbocycles. The zero-order chi connectivity index (χ0) is 9.56. The third-order valence-corrected chi connectivity index (χ3v) is 2.09. The molecule has 0 amide bonds. The second-order valence-corrected chi connectivity index (χ2v) is 3.45. The minimum absolute atomic E-state index is 0.192. The average molecular weight is 191 g/mol. The first-order chi connectivity index (χ1) is 5.57. The summed E-state index contributed by atoms with van der Waals surface area (Å²) in [6.07, 6.45) is 2.77. The van der Waals surface area contributed by atoms with Gasteiger partial charge >= 0.3 is 5.97 Å². The van der Waals surface area contributed by atoms with Gasteiger partial charge in [0.05, 0.1) is 0 Å². The van der Waals surface area contributed by atoms with Crippen molar-refractivity contribution in [3.05, 3.63) is 11.6 Å². The molecule has 1 atom stereocenters. The molecule has 1 N–H and O–H groups in total. The lowest BCUT2D eigenvalue weighted by Gasteiger charge is -2.16. The van der Waals surface area contributed by atoms with Crippen molar-refractivity contribution in [3.63, 3.8) is 0 Å². The van der Waals surface area contributed by atoms with E-state index in [0.717, 1.165) is 6.42 Å². The minimum atomic E-state index is -0.739. The molecule has 0 aromatic carbocycles. The fraction of sp³-hybridized carbons (Fsp3) is 0.667. The normalized spacial score (nSPS) is 14.0. The van der Waals surface area contributed by atoms with Crippen molar-refractivity contribution >= 4 is 17.6 Å². The maximum absolute atomic E-state index is 10.4. The fourth-order valence-electron chi connectivity index (χ4n) is 1.04. The molecule has 0 heterocycles. The van der Waals surface area contributed by atoms with Crippen LogP contribution in [-0.4, -0.2) is 11.1 Å². The van der Waals surface area contributed by atoms with Crippen LogP contribution in [0.4, 0.5) is 0 Å². The van der Waals surface area contributed by atoms with Crippen LogP contribution in [0.1, 0.15) is 26.7 Å². The highest BCUT2D eigenvalue weighted by Gasteiger charge is 2.15. The first-order valence-electron chi connectivity index (χ1n) is 4.05. The Kier molecular flexibility index (Phi) is 5.81. The van der Waals surface area contributed by atoms with E-state index in [1.165, 1.54) is 5.54 Å². The van der Waals surface area contributed by atoms with Crippen LogP contribution in [0, 0.1) is 11.8 Å². The molecule has 0 fully saturated rings. The number of hydrogen-bond acceptors (Lipinski definition) is 1. The van der Waals surface area contributed by atoms with E-state index in [1.54, 1.807) is 6.08 Å². The van der Waals surface area contributed by atoms with Gasteiger partial charge in [0, 0.05) is 12.0 Å². The molecule has 3 heteroatoms. The predicted octanol–water partition coefficient (Wildman–Crippen LogP) is 2.88. The van der Waals surface area contributed by atoms with Gasteiger partial charge < -0.3 is 5.11 Å². The van der Waals surface area contributed by atoms with Gasteiger partial charge in [-0.2, -0.15) is 0 Å². The van der Waals surface area contributed by atoms with Crippen molar-refractivity contribution in [1.29, 1.82) is 0 Å². The van der Waals surface area contributed by atoms with Crippen LogP contribution in [0.5, 0.6) is 0 Å². The van der Waals surface area contributed by atoms with Gasteiger partial charge in [-0.1, -0.05) is 31.5 Å². The van der Waals surface area contributed by atoms with E-state index in [4.69, 9.17) is 16.7 Å². The molecular formula is C9H15ClO2. The molecule has 0 rings (SSSR count). The third kappa shape index (κ3) is 5.19. The number of halogens is 1. The van der Waals surface area contributed by atoms with Gasteiger partial charge in [0.25, 0.3) is 0 Å². The number of carbonyl (C=O) groups is 1. The maximum atomic E-state index is 10.4. The highest BCUT2D eigenvalue weighted by atomic mass is 35.5. The smallest absolute Gasteiger partial charge is 0.303 e. The third-order valence-electron chi connectivity index (χ3n) is 1.91. The van der Waals surface area contributed by atoms with Crippen LogP contribution in [0.15, 0.2) is 11.6 Å². The Balaban J connectivity index is 3.95. The standard InChI is InChI=1S/C9H15ClO2/c1-7(2)8(4-3-5-10)6-9(11)12/h3,5,7-8H,4,6H2,1-2H3,(H,11,12)/t8-/m0/s1. The first-order valence-corrected chi connectivity index (χ1v) is 4.48. The summed E-state index contributed by atoms with van der Waals surface area (Å²) in [6.45, 7) is 4.05. The Labute approximate surface area is 78.2 Å². The quantitative estimate of drug-likeness (QED) is 0.724. The van der Waals surface area contributed by atoms with Crippen LogP contribution in [0.25, 0.3) is 0 Å². The SMILES string of the molecule is CC(C)[C@@H](CC=CCl)CC(=O)O. The van der Waals surface area contributed by atoms with Crippen LogP contribution < -0.4 is 0 Å². The monoisotopic (exact) mass is 190 g/mol. The van der Waals surface area contributed by atoms with Crippen LogP contribution in [-0.2, 0) is 4.79 Å². The summed E-state index contributed by atoms with van der Waals surface area (Å²) in [5.41, 5.74) is 1.44. The molecule has 0 saturated carbocycles. The summed E-state index contributed by atoms with van der Waals surface area (Å²) in [7, 11) is 0. The number of hydrogen-bond donors (Lipinski definition) is 1. The van der Waals surface area contributed by atoms with E-state index in [0.29, 0.717) is 5.92 Å². The van der Waals surface area contributed by atoms with E-state index in [2.05, 4.69) is 0 Å². The predicted molar refractivity (Wildman–Crippen MR) is 50.2 cm³/mol. The van der Waals surface area contributed by atoms with Crippen LogP contribution in [0.2, 0.25) is 0 Å². The first kappa shape index (κ1) is 11.5. The summed E-state index contributed by atoms with van der Waals surface area (Å²) >= 11 is 5.36. The number of carboxylic acids is 1. The molecule has 0 aliphatic heterocycles. The summed E-state index contributed by atoms with van der Waals surface area (Å²) in [6, 6.07) is 0. The van der Waals surface area contributed by atoms with Gasteiger partial charge in [0.15, 0.2) is 0 Å². The minimum Gasteiger partial charge on any atom is -0.481 e. The van der Waals surface area contributed by atoms with Gasteiger partial charge in [0.2, 0.25) is 0 Å². The van der Waals surface area contributed by atoms with Crippen molar-refractivity contribution in [2.24, 2.45) is 11.8 Å². The second-order valence-electron chi connectivity index (χ2n) is 3.20. The molecule has 0 aromatic rings. The van der Waals surface area contributed by atoms with E-state index in [9.17, 15) is 4.79 Å². The fourth-order valence-corrected chi connectivity index (χ4v) is 1.14. The lowest BCUT2D eigenvalue weighted by atomic mass is 9.90. The Morgan fingerprint density at radius 3 is 2.50 bits per heavy atom. The second kappa shape index (κ2) is 6.06. The van der Waals surface area contributed by atoms with Crippen LogP contribution in [0.3, 0.4) is 0 Å². The van der Waals surface area contributed by atoms with Gasteiger partial charge in [-0.25, -0.2) is 0 Å². The van der Waals surface area contributed by atoms with E-state index in [-0.39, 0.29) is 12.3 Å². The van der Waals surface area contributed by atoms with E-state index in [1.807, 2.05) is 13.8 Å². The lowest BCUT2D eigenvalue weighted by Crippen LogP contribution is -2.12. The number of aliphatic carboxylic acids is 1. The average Bonchev–Trinajstić information content (AvgIpc) is 1.96. The Bertz CT molecular complexity index is 164. The Morgan fingerprint density at radius 2 is 2.17 bits per heavy atom. The summed E-state index contributed by atoms with van der Waals surface area (Å²) in [5.74, 6) is -0.164. The Hall–Kier alpha value is -0.500. The lowest BCUT2D eigenvalue weighted by molar-refractivity contribution is -0.138. The summed E-state index contributed by atoms with van der Waals surface area (Å²) < 4.78 is 0. The van der Waals surface area contributed by atoms with Gasteiger partial charge in [0.1, 0.15) is 0 Å². The molecule has 70 valence electrons. The van der Waals surface area contributed by atoms with Gasteiger partial charge in [-0.15, -0.1) is 0 Å². The Morgan fingerprint density at radius 1 is 1.58 bits per heavy atom. The van der Waals surface area contributed by atoms with Crippen molar-refractivity contribution < 1.29 is 9.90 Å². The van der Waals surface area contributed by atoms with Gasteiger partial charge in [-0.05, 0) is 18.3 Å². The topological polar surface area (TPSA) is 37.3 Å². The summed E-state index contributed by atoms with van der Waals surface area (Å²) in [4.78, 5) is 10.4. The van der Waals surface area contributed by atoms with Gasteiger partial charge in [-0.3, -0.25) is 4.79 Å². The highest BCUT2D eigenvalue weighted by Crippen LogP contribution is 2.19. The van der Waals surface area contributed by atoms with Crippen LogP contribution >= 0.6 is 11.6 Å². The highest BCUT2D eigenvalue weighted by molar-refractivity contribution is 6.25. The largest absolute Gasteiger partial charge is 0.481 e. The molecule has 12 heavy (non-hydrogen) atoms. The molecule has 0 aliphatic rings. The number of carboxylic acid groups (broad SMARTS) is 1. The van der Waals surface area contributed by atoms with E-state index < -0.39 is 5.97 Å². The summed E-state index contributed by atoms with van der Waals surface area (Å²) in [5, 5.41) is 8.58. The van der Waals surface area contributed by atoms with Crippen molar-refractivity contribution in [2.45, 2.75) is 26.7 Å². The number of rotatable bonds is 5. The zero-order valence-electron chi connectivity index (χ0n) is 7.46. The molecule has 0 unspecified atom stereocenters. The van der Waals surface area contributed by atoms with Crippen molar-refractivity contribution in [3.8, 4) is 0 Å². The van der Waals surface area contributed by atoms with Crippen molar-refractivity contribution in [1.82, 2.24) is 0 Å². The molecule has 2 nitrogen and oxygen atoms in total. The molecular weight excluding hydrogens is 176 g/mol. The molecule has 0 aromatic heterocycles. The van der Waals surface area contributed by atoms with Crippen molar-refractivity contribution in [2.75, 3.05) is 0 Å². The molecule has 0 spiro atoms. The molecule has 0 bridgehead atoms.